The van der Waals surface area contributed by atoms with E-state index in [0.29, 0.717) is 23.1 Å². The smallest absolute Gasteiger partial charge is 0.148 e. The number of hydrogen-bond acceptors (Lipinski definition) is 5. The van der Waals surface area contributed by atoms with Crippen LogP contribution in [0.5, 0.6) is 5.75 Å². The number of aliphatic hydroxyl groups excluding tert-OH is 1. The van der Waals surface area contributed by atoms with Gasteiger partial charge >= 0.3 is 0 Å². The summed E-state index contributed by atoms with van der Waals surface area (Å²) < 4.78 is 5.11. The maximum atomic E-state index is 10.1. The summed E-state index contributed by atoms with van der Waals surface area (Å²) in [4.78, 5) is 7.78. The Balaban J connectivity index is 2.01. The molecule has 0 saturated carbocycles. The fourth-order valence-corrected chi connectivity index (χ4v) is 1.77. The molecule has 1 aromatic carbocycles. The Hall–Kier alpha value is -1.85. The lowest BCUT2D eigenvalue weighted by atomic mass is 10.1. The monoisotopic (exact) mass is 279 g/mol. The molecule has 1 unspecified atom stereocenters. The fourth-order valence-electron chi connectivity index (χ4n) is 1.60. The van der Waals surface area contributed by atoms with Gasteiger partial charge < -0.3 is 15.2 Å². The highest BCUT2D eigenvalue weighted by Crippen LogP contribution is 2.21. The molecular weight excluding hydrogens is 266 g/mol. The Kier molecular flexibility index (Phi) is 4.54. The van der Waals surface area contributed by atoms with E-state index in [2.05, 4.69) is 15.3 Å². The summed E-state index contributed by atoms with van der Waals surface area (Å²) in [6.07, 6.45) is 2.21. The van der Waals surface area contributed by atoms with Gasteiger partial charge in [-0.2, -0.15) is 0 Å². The first kappa shape index (κ1) is 13.6. The predicted octanol–water partition coefficient (Wildman–Crippen LogP) is 2.28. The third-order valence-electron chi connectivity index (χ3n) is 2.61. The van der Waals surface area contributed by atoms with Crippen LogP contribution in [0.15, 0.2) is 36.8 Å². The van der Waals surface area contributed by atoms with Crippen LogP contribution in [-0.4, -0.2) is 28.7 Å². The third kappa shape index (κ3) is 3.56. The Morgan fingerprint density at radius 3 is 3.05 bits per heavy atom. The topological polar surface area (TPSA) is 67.3 Å². The van der Waals surface area contributed by atoms with Crippen LogP contribution in [0.3, 0.4) is 0 Å². The van der Waals surface area contributed by atoms with E-state index in [-0.39, 0.29) is 0 Å². The summed E-state index contributed by atoms with van der Waals surface area (Å²) in [5, 5.41) is 13.5. The highest BCUT2D eigenvalue weighted by molar-refractivity contribution is 6.32. The predicted molar refractivity (Wildman–Crippen MR) is 73.5 cm³/mol. The van der Waals surface area contributed by atoms with Crippen molar-refractivity contribution in [3.63, 3.8) is 0 Å². The zero-order valence-electron chi connectivity index (χ0n) is 10.4. The molecule has 0 amide bonds. The molecule has 0 saturated heterocycles. The number of nitrogens with zero attached hydrogens (tertiary/aromatic N) is 2. The number of ether oxygens (including phenoxy) is 1. The zero-order chi connectivity index (χ0) is 13.7. The fraction of sp³-hybridized carbons (Fsp3) is 0.231. The van der Waals surface area contributed by atoms with Gasteiger partial charge in [0.15, 0.2) is 0 Å². The van der Waals surface area contributed by atoms with Crippen LogP contribution >= 0.6 is 11.6 Å². The van der Waals surface area contributed by atoms with Gasteiger partial charge in [-0.1, -0.05) is 23.7 Å². The van der Waals surface area contributed by atoms with Gasteiger partial charge in [0.25, 0.3) is 0 Å². The van der Waals surface area contributed by atoms with Crippen molar-refractivity contribution < 1.29 is 9.84 Å². The normalized spacial score (nSPS) is 11.9. The zero-order valence-corrected chi connectivity index (χ0v) is 11.1. The number of methoxy groups -OCH3 is 1. The van der Waals surface area contributed by atoms with Crippen molar-refractivity contribution in [3.8, 4) is 5.75 Å². The molecule has 0 radical (unpaired) electrons. The number of rotatable bonds is 5. The van der Waals surface area contributed by atoms with Crippen molar-refractivity contribution in [2.45, 2.75) is 6.10 Å². The minimum Gasteiger partial charge on any atom is -0.497 e. The van der Waals surface area contributed by atoms with Gasteiger partial charge in [-0.3, -0.25) is 0 Å². The first-order chi connectivity index (χ1) is 9.20. The summed E-state index contributed by atoms with van der Waals surface area (Å²) in [5.74, 6) is 1.20. The van der Waals surface area contributed by atoms with Crippen molar-refractivity contribution >= 4 is 17.4 Å². The van der Waals surface area contributed by atoms with E-state index in [9.17, 15) is 5.11 Å². The molecule has 2 rings (SSSR count). The molecule has 0 aliphatic rings. The second kappa shape index (κ2) is 6.36. The summed E-state index contributed by atoms with van der Waals surface area (Å²) in [6, 6.07) is 7.27. The van der Waals surface area contributed by atoms with Crippen LogP contribution in [0.1, 0.15) is 11.7 Å². The molecule has 1 heterocycles. The lowest BCUT2D eigenvalue weighted by Gasteiger charge is -2.14. The van der Waals surface area contributed by atoms with E-state index in [1.807, 2.05) is 18.2 Å². The molecule has 0 bridgehead atoms. The van der Waals surface area contributed by atoms with Gasteiger partial charge in [0, 0.05) is 6.54 Å². The summed E-state index contributed by atoms with van der Waals surface area (Å²) in [7, 11) is 1.59. The van der Waals surface area contributed by atoms with Crippen LogP contribution in [0.2, 0.25) is 5.02 Å². The maximum Gasteiger partial charge on any atom is 0.148 e. The van der Waals surface area contributed by atoms with Crippen molar-refractivity contribution in [2.75, 3.05) is 19.0 Å². The van der Waals surface area contributed by atoms with Gasteiger partial charge in [0.05, 0.1) is 19.4 Å². The van der Waals surface area contributed by atoms with E-state index in [1.165, 1.54) is 12.5 Å². The van der Waals surface area contributed by atoms with Crippen LogP contribution in [0.25, 0.3) is 0 Å². The van der Waals surface area contributed by atoms with Crippen molar-refractivity contribution in [1.29, 1.82) is 0 Å². The second-order valence-corrected chi connectivity index (χ2v) is 4.30. The molecule has 0 aliphatic heterocycles. The molecular formula is C13H14ClN3O2. The van der Waals surface area contributed by atoms with Gasteiger partial charge in [0.2, 0.25) is 0 Å². The highest BCUT2D eigenvalue weighted by Gasteiger charge is 2.09. The van der Waals surface area contributed by atoms with E-state index in [4.69, 9.17) is 16.3 Å². The second-order valence-electron chi connectivity index (χ2n) is 3.89. The summed E-state index contributed by atoms with van der Waals surface area (Å²) >= 11 is 5.91. The van der Waals surface area contributed by atoms with E-state index in [1.54, 1.807) is 13.2 Å². The van der Waals surface area contributed by atoms with E-state index >= 15 is 0 Å². The molecule has 100 valence electrons. The minimum absolute atomic E-state index is 0.296. The van der Waals surface area contributed by atoms with Gasteiger partial charge in [0.1, 0.15) is 22.9 Å². The van der Waals surface area contributed by atoms with Crippen molar-refractivity contribution in [1.82, 2.24) is 9.97 Å². The first-order valence-corrected chi connectivity index (χ1v) is 6.10. The summed E-state index contributed by atoms with van der Waals surface area (Å²) in [6.45, 7) is 0.296. The molecule has 1 aromatic heterocycles. The molecule has 2 aromatic rings. The largest absolute Gasteiger partial charge is 0.497 e. The quantitative estimate of drug-likeness (QED) is 0.879. The number of aromatic nitrogens is 2. The maximum absolute atomic E-state index is 10.1. The summed E-state index contributed by atoms with van der Waals surface area (Å²) in [5.41, 5.74) is 0.761. The number of benzene rings is 1. The first-order valence-electron chi connectivity index (χ1n) is 5.72. The molecule has 2 N–H and O–H groups in total. The average Bonchev–Trinajstić information content (AvgIpc) is 2.46. The highest BCUT2D eigenvalue weighted by atomic mass is 35.5. The molecule has 0 fully saturated rings. The van der Waals surface area contributed by atoms with Crippen LogP contribution in [-0.2, 0) is 0 Å². The molecule has 0 spiro atoms. The SMILES string of the molecule is COc1cccc(C(O)CNc2ncncc2Cl)c1. The van der Waals surface area contributed by atoms with Crippen molar-refractivity contribution in [3.05, 3.63) is 47.4 Å². The molecule has 6 heteroatoms. The lowest BCUT2D eigenvalue weighted by molar-refractivity contribution is 0.191. The van der Waals surface area contributed by atoms with Crippen LogP contribution in [0.4, 0.5) is 5.82 Å². The van der Waals surface area contributed by atoms with Gasteiger partial charge in [-0.05, 0) is 17.7 Å². The lowest BCUT2D eigenvalue weighted by Crippen LogP contribution is -2.13. The van der Waals surface area contributed by atoms with Gasteiger partial charge in [-0.25, -0.2) is 9.97 Å². The van der Waals surface area contributed by atoms with E-state index < -0.39 is 6.10 Å². The molecule has 1 atom stereocenters. The Morgan fingerprint density at radius 2 is 2.32 bits per heavy atom. The van der Waals surface area contributed by atoms with Crippen LogP contribution < -0.4 is 10.1 Å². The third-order valence-corrected chi connectivity index (χ3v) is 2.89. The van der Waals surface area contributed by atoms with E-state index in [0.717, 1.165) is 5.56 Å². The standard InChI is InChI=1S/C13H14ClN3O2/c1-19-10-4-2-3-9(5-10)12(18)7-16-13-11(14)6-15-8-17-13/h2-6,8,12,18H,7H2,1H3,(H,15,16,17). The van der Waals surface area contributed by atoms with Crippen LogP contribution in [0, 0.1) is 0 Å². The Bertz CT molecular complexity index is 551. The molecule has 5 nitrogen and oxygen atoms in total. The Morgan fingerprint density at radius 1 is 1.47 bits per heavy atom. The van der Waals surface area contributed by atoms with Gasteiger partial charge in [-0.15, -0.1) is 0 Å². The number of anilines is 1. The molecule has 0 aliphatic carbocycles. The molecule has 19 heavy (non-hydrogen) atoms. The van der Waals surface area contributed by atoms with Crippen molar-refractivity contribution in [2.24, 2.45) is 0 Å². The number of hydrogen-bond donors (Lipinski definition) is 2. The Labute approximate surface area is 116 Å². The number of halogens is 1. The number of aliphatic hydroxyl groups is 1. The minimum atomic E-state index is -0.680. The number of nitrogens with one attached hydrogen (secondary N) is 1. The average molecular weight is 280 g/mol.